The van der Waals surface area contributed by atoms with Crippen molar-refractivity contribution in [1.82, 2.24) is 0 Å². The molecule has 1 fully saturated rings. The number of carbonyl (C=O) groups excluding carboxylic acids is 1. The third-order valence-corrected chi connectivity index (χ3v) is 3.76. The largest absolute Gasteiger partial charge is 0.465 e. The summed E-state index contributed by atoms with van der Waals surface area (Å²) in [5.41, 5.74) is 1.28. The van der Waals surface area contributed by atoms with E-state index in [2.05, 4.69) is 19.2 Å². The fourth-order valence-electron chi connectivity index (χ4n) is 2.81. The number of ether oxygens (including phenoxy) is 1. The van der Waals surface area contributed by atoms with Gasteiger partial charge in [0.05, 0.1) is 20.7 Å². The standard InChI is InChI=1S/C14H20NO2/c1-15(11-12-7-4-3-5-8-12)10-6-9-13(15)14(16)17-2/h3-5,7-8,13H,6,9-11H2,1-2H3/q+1/t13-,15-/m0/s1. The summed E-state index contributed by atoms with van der Waals surface area (Å²) in [5.74, 6) is -0.0686. The summed E-state index contributed by atoms with van der Waals surface area (Å²) in [6, 6.07) is 10.4. The van der Waals surface area contributed by atoms with Gasteiger partial charge in [-0.2, -0.15) is 0 Å². The van der Waals surface area contributed by atoms with Crippen LogP contribution in [0.5, 0.6) is 0 Å². The molecule has 0 radical (unpaired) electrons. The van der Waals surface area contributed by atoms with Gasteiger partial charge in [0.2, 0.25) is 0 Å². The number of quaternary nitrogens is 1. The van der Waals surface area contributed by atoms with Crippen LogP contribution in [0.4, 0.5) is 0 Å². The molecule has 2 atom stereocenters. The van der Waals surface area contributed by atoms with Crippen molar-refractivity contribution in [2.24, 2.45) is 0 Å². The molecular formula is C14H20NO2+. The van der Waals surface area contributed by atoms with Crippen LogP contribution in [0.3, 0.4) is 0 Å². The second-order valence-electron chi connectivity index (χ2n) is 5.03. The third kappa shape index (κ3) is 2.50. The number of hydrogen-bond donors (Lipinski definition) is 0. The third-order valence-electron chi connectivity index (χ3n) is 3.76. The minimum Gasteiger partial charge on any atom is -0.465 e. The van der Waals surface area contributed by atoms with E-state index in [-0.39, 0.29) is 12.0 Å². The monoisotopic (exact) mass is 234 g/mol. The van der Waals surface area contributed by atoms with Gasteiger partial charge in [0.15, 0.2) is 6.04 Å². The van der Waals surface area contributed by atoms with Crippen molar-refractivity contribution in [3.63, 3.8) is 0 Å². The maximum absolute atomic E-state index is 11.8. The molecule has 17 heavy (non-hydrogen) atoms. The first-order valence-electron chi connectivity index (χ1n) is 6.12. The van der Waals surface area contributed by atoms with Crippen LogP contribution in [0.15, 0.2) is 30.3 Å². The average molecular weight is 234 g/mol. The maximum Gasteiger partial charge on any atom is 0.364 e. The van der Waals surface area contributed by atoms with E-state index in [1.807, 2.05) is 18.2 Å². The van der Waals surface area contributed by atoms with Crippen molar-refractivity contribution in [3.05, 3.63) is 35.9 Å². The molecule has 0 amide bonds. The minimum atomic E-state index is -0.0686. The van der Waals surface area contributed by atoms with Crippen LogP contribution in [-0.4, -0.2) is 37.2 Å². The van der Waals surface area contributed by atoms with Crippen LogP contribution >= 0.6 is 0 Å². The highest BCUT2D eigenvalue weighted by atomic mass is 16.5. The molecule has 0 saturated carbocycles. The van der Waals surface area contributed by atoms with Crippen LogP contribution < -0.4 is 0 Å². The molecule has 1 aliphatic rings. The molecule has 0 spiro atoms. The van der Waals surface area contributed by atoms with E-state index in [1.54, 1.807) is 0 Å². The van der Waals surface area contributed by atoms with Crippen molar-refractivity contribution >= 4 is 5.97 Å². The normalized spacial score (nSPS) is 28.0. The summed E-state index contributed by atoms with van der Waals surface area (Å²) in [4.78, 5) is 11.8. The van der Waals surface area contributed by atoms with Crippen LogP contribution in [0, 0.1) is 0 Å². The Kier molecular flexibility index (Phi) is 3.48. The maximum atomic E-state index is 11.8. The van der Waals surface area contributed by atoms with E-state index in [0.717, 1.165) is 30.4 Å². The molecular weight excluding hydrogens is 214 g/mol. The van der Waals surface area contributed by atoms with Gasteiger partial charge in [0, 0.05) is 18.4 Å². The second kappa shape index (κ2) is 4.88. The van der Waals surface area contributed by atoms with Gasteiger partial charge in [-0.25, -0.2) is 4.79 Å². The predicted molar refractivity (Wildman–Crippen MR) is 66.2 cm³/mol. The lowest BCUT2D eigenvalue weighted by Crippen LogP contribution is -2.51. The van der Waals surface area contributed by atoms with E-state index >= 15 is 0 Å². The SMILES string of the molecule is COC(=O)[C@@H]1CCC[N@@+]1(C)Cc1ccccc1. The Balaban J connectivity index is 2.15. The Morgan fingerprint density at radius 2 is 2.12 bits per heavy atom. The number of benzene rings is 1. The molecule has 1 heterocycles. The molecule has 2 rings (SSSR count). The van der Waals surface area contributed by atoms with E-state index in [1.165, 1.54) is 12.7 Å². The Hall–Kier alpha value is -1.35. The van der Waals surface area contributed by atoms with Gasteiger partial charge in [-0.1, -0.05) is 30.3 Å². The second-order valence-corrected chi connectivity index (χ2v) is 5.03. The van der Waals surface area contributed by atoms with Crippen molar-refractivity contribution < 1.29 is 14.0 Å². The number of rotatable bonds is 3. The van der Waals surface area contributed by atoms with E-state index in [9.17, 15) is 4.79 Å². The summed E-state index contributed by atoms with van der Waals surface area (Å²) in [6.45, 7) is 1.95. The number of esters is 1. The number of hydrogen-bond acceptors (Lipinski definition) is 2. The number of likely N-dealkylation sites (N-methyl/N-ethyl adjacent to an activating group) is 1. The van der Waals surface area contributed by atoms with Crippen LogP contribution in [0.25, 0.3) is 0 Å². The van der Waals surface area contributed by atoms with E-state index in [0.29, 0.717) is 0 Å². The molecule has 1 aromatic carbocycles. The molecule has 0 bridgehead atoms. The van der Waals surface area contributed by atoms with Gasteiger partial charge in [-0.15, -0.1) is 0 Å². The van der Waals surface area contributed by atoms with E-state index in [4.69, 9.17) is 4.74 Å². The van der Waals surface area contributed by atoms with Crippen LogP contribution in [0.2, 0.25) is 0 Å². The molecule has 0 N–H and O–H groups in total. The zero-order chi connectivity index (χ0) is 12.3. The number of nitrogens with zero attached hydrogens (tertiary/aromatic N) is 1. The Labute approximate surface area is 103 Å². The van der Waals surface area contributed by atoms with Gasteiger partial charge >= 0.3 is 5.97 Å². The zero-order valence-corrected chi connectivity index (χ0v) is 10.6. The van der Waals surface area contributed by atoms with Crippen molar-refractivity contribution in [3.8, 4) is 0 Å². The van der Waals surface area contributed by atoms with Crippen LogP contribution in [0.1, 0.15) is 18.4 Å². The number of carbonyl (C=O) groups is 1. The average Bonchev–Trinajstić information content (AvgIpc) is 2.71. The first kappa shape index (κ1) is 12.1. The van der Waals surface area contributed by atoms with E-state index < -0.39 is 0 Å². The molecule has 0 aliphatic carbocycles. The highest BCUT2D eigenvalue weighted by Gasteiger charge is 2.43. The summed E-state index contributed by atoms with van der Waals surface area (Å²) in [6.07, 6.45) is 2.04. The number of methoxy groups -OCH3 is 1. The number of likely N-dealkylation sites (tertiary alicyclic amines) is 1. The molecule has 3 nitrogen and oxygen atoms in total. The zero-order valence-electron chi connectivity index (χ0n) is 10.6. The van der Waals surface area contributed by atoms with Crippen LogP contribution in [-0.2, 0) is 16.1 Å². The predicted octanol–water partition coefficient (Wildman–Crippen LogP) is 1.97. The highest BCUT2D eigenvalue weighted by molar-refractivity contribution is 5.74. The first-order valence-corrected chi connectivity index (χ1v) is 6.12. The summed E-state index contributed by atoms with van der Waals surface area (Å²) < 4.78 is 5.69. The molecule has 0 aromatic heterocycles. The van der Waals surface area contributed by atoms with Gasteiger partial charge < -0.3 is 9.22 Å². The Morgan fingerprint density at radius 1 is 1.41 bits per heavy atom. The topological polar surface area (TPSA) is 26.3 Å². The van der Waals surface area contributed by atoms with Gasteiger partial charge in [0.1, 0.15) is 6.54 Å². The summed E-state index contributed by atoms with van der Waals surface area (Å²) in [7, 11) is 3.63. The first-order chi connectivity index (χ1) is 8.15. The summed E-state index contributed by atoms with van der Waals surface area (Å²) >= 11 is 0. The van der Waals surface area contributed by atoms with Gasteiger partial charge in [0.25, 0.3) is 0 Å². The molecule has 1 aliphatic heterocycles. The Bertz CT molecular complexity index is 390. The lowest BCUT2D eigenvalue weighted by molar-refractivity contribution is -0.926. The minimum absolute atomic E-state index is 0.000191. The lowest BCUT2D eigenvalue weighted by Gasteiger charge is -2.34. The molecule has 1 saturated heterocycles. The molecule has 1 aromatic rings. The fourth-order valence-corrected chi connectivity index (χ4v) is 2.81. The Morgan fingerprint density at radius 3 is 2.76 bits per heavy atom. The smallest absolute Gasteiger partial charge is 0.364 e. The van der Waals surface area contributed by atoms with Crippen molar-refractivity contribution in [1.29, 1.82) is 0 Å². The molecule has 3 heteroatoms. The highest BCUT2D eigenvalue weighted by Crippen LogP contribution is 2.28. The lowest BCUT2D eigenvalue weighted by atomic mass is 10.1. The molecule has 0 unspecified atom stereocenters. The molecule has 92 valence electrons. The van der Waals surface area contributed by atoms with Gasteiger partial charge in [-0.05, 0) is 0 Å². The van der Waals surface area contributed by atoms with Crippen molar-refractivity contribution in [2.75, 3.05) is 20.7 Å². The fraction of sp³-hybridized carbons (Fsp3) is 0.500. The van der Waals surface area contributed by atoms with Crippen molar-refractivity contribution in [2.45, 2.75) is 25.4 Å². The quantitative estimate of drug-likeness (QED) is 0.590. The van der Waals surface area contributed by atoms with Gasteiger partial charge in [-0.3, -0.25) is 0 Å². The summed E-state index contributed by atoms with van der Waals surface area (Å²) in [5, 5.41) is 0.